The summed E-state index contributed by atoms with van der Waals surface area (Å²) in [7, 11) is 0. The first-order chi connectivity index (χ1) is 14.7. The Labute approximate surface area is 177 Å². The number of nitrogens with zero attached hydrogens (tertiary/aromatic N) is 4. The van der Waals surface area contributed by atoms with Gasteiger partial charge in [-0.25, -0.2) is 9.97 Å². The maximum Gasteiger partial charge on any atom is 0.222 e. The molecule has 0 saturated carbocycles. The Hall–Kier alpha value is -2.93. The van der Waals surface area contributed by atoms with Gasteiger partial charge in [-0.2, -0.15) is 0 Å². The fourth-order valence-corrected chi connectivity index (χ4v) is 3.86. The monoisotopic (exact) mass is 406 g/mol. The Morgan fingerprint density at radius 3 is 2.93 bits per heavy atom. The number of nitrogens with one attached hydrogen (secondary N) is 2. The SMILES string of the molecule is CCCNc1ncnc2cc(-n3ccc(CNCCCN4CCCC4=O)c3)ccc12. The van der Waals surface area contributed by atoms with Crippen LogP contribution in [0, 0.1) is 0 Å². The number of hydrogen-bond acceptors (Lipinski definition) is 5. The summed E-state index contributed by atoms with van der Waals surface area (Å²) >= 11 is 0. The third kappa shape index (κ3) is 4.79. The molecule has 1 aromatic carbocycles. The standard InChI is InChI=1S/C23H30N6O/c1-2-9-25-23-20-7-6-19(14-21(20)26-17-27-23)29-13-8-18(16-29)15-24-10-4-12-28-11-3-5-22(28)30/h6-8,13-14,16-17,24H,2-5,9-12,15H2,1H3,(H,25,26,27). The highest BCUT2D eigenvalue weighted by molar-refractivity contribution is 5.90. The number of rotatable bonds is 10. The van der Waals surface area contributed by atoms with Gasteiger partial charge in [0.2, 0.25) is 5.91 Å². The highest BCUT2D eigenvalue weighted by atomic mass is 16.2. The van der Waals surface area contributed by atoms with E-state index in [-0.39, 0.29) is 0 Å². The van der Waals surface area contributed by atoms with Crippen molar-refractivity contribution in [3.63, 3.8) is 0 Å². The van der Waals surface area contributed by atoms with E-state index in [4.69, 9.17) is 0 Å². The number of hydrogen-bond donors (Lipinski definition) is 2. The van der Waals surface area contributed by atoms with E-state index in [2.05, 4.69) is 68.8 Å². The van der Waals surface area contributed by atoms with E-state index >= 15 is 0 Å². The van der Waals surface area contributed by atoms with Crippen LogP contribution in [0.5, 0.6) is 0 Å². The Morgan fingerprint density at radius 2 is 2.10 bits per heavy atom. The minimum Gasteiger partial charge on any atom is -0.369 e. The summed E-state index contributed by atoms with van der Waals surface area (Å²) in [6.07, 6.45) is 9.62. The zero-order valence-corrected chi connectivity index (χ0v) is 17.6. The second kappa shape index (κ2) is 9.71. The maximum atomic E-state index is 11.6. The number of benzene rings is 1. The fourth-order valence-electron chi connectivity index (χ4n) is 3.86. The van der Waals surface area contributed by atoms with E-state index in [0.717, 1.165) is 80.8 Å². The van der Waals surface area contributed by atoms with Gasteiger partial charge in [-0.05, 0) is 55.6 Å². The van der Waals surface area contributed by atoms with Crippen molar-refractivity contribution in [1.82, 2.24) is 24.8 Å². The van der Waals surface area contributed by atoms with Crippen LogP contribution in [-0.4, -0.2) is 51.5 Å². The van der Waals surface area contributed by atoms with E-state index in [9.17, 15) is 4.79 Å². The minimum atomic E-state index is 0.306. The van der Waals surface area contributed by atoms with Gasteiger partial charge in [-0.1, -0.05) is 6.92 Å². The first-order valence-corrected chi connectivity index (χ1v) is 10.9. The summed E-state index contributed by atoms with van der Waals surface area (Å²) < 4.78 is 2.13. The molecular weight excluding hydrogens is 376 g/mol. The molecule has 3 aromatic rings. The molecule has 2 aromatic heterocycles. The number of carbonyl (C=O) groups is 1. The van der Waals surface area contributed by atoms with Gasteiger partial charge in [0, 0.05) is 56.1 Å². The number of amides is 1. The molecule has 3 heterocycles. The molecule has 1 amide bonds. The molecule has 158 valence electrons. The Morgan fingerprint density at radius 1 is 1.17 bits per heavy atom. The lowest BCUT2D eigenvalue weighted by Gasteiger charge is -2.15. The normalized spacial score (nSPS) is 14.0. The average Bonchev–Trinajstić information content (AvgIpc) is 3.40. The third-order valence-corrected chi connectivity index (χ3v) is 5.50. The third-order valence-electron chi connectivity index (χ3n) is 5.50. The molecule has 0 spiro atoms. The quantitative estimate of drug-likeness (QED) is 0.505. The summed E-state index contributed by atoms with van der Waals surface area (Å²) in [6, 6.07) is 8.42. The van der Waals surface area contributed by atoms with Crippen LogP contribution in [0.4, 0.5) is 5.82 Å². The van der Waals surface area contributed by atoms with Gasteiger partial charge >= 0.3 is 0 Å². The fraction of sp³-hybridized carbons (Fsp3) is 0.435. The van der Waals surface area contributed by atoms with Crippen LogP contribution in [0.1, 0.15) is 38.2 Å². The highest BCUT2D eigenvalue weighted by Gasteiger charge is 2.18. The molecule has 2 N–H and O–H groups in total. The Bertz CT molecular complexity index is 998. The van der Waals surface area contributed by atoms with E-state index < -0.39 is 0 Å². The molecule has 0 unspecified atom stereocenters. The average molecular weight is 407 g/mol. The molecule has 30 heavy (non-hydrogen) atoms. The zero-order valence-electron chi connectivity index (χ0n) is 17.6. The van der Waals surface area contributed by atoms with Crippen molar-refractivity contribution in [1.29, 1.82) is 0 Å². The van der Waals surface area contributed by atoms with E-state index in [1.807, 2.05) is 4.90 Å². The summed E-state index contributed by atoms with van der Waals surface area (Å²) in [6.45, 7) is 6.56. The molecule has 1 saturated heterocycles. The van der Waals surface area contributed by atoms with Crippen molar-refractivity contribution in [2.24, 2.45) is 0 Å². The second-order valence-corrected chi connectivity index (χ2v) is 7.79. The lowest BCUT2D eigenvalue weighted by Crippen LogP contribution is -2.28. The van der Waals surface area contributed by atoms with Gasteiger partial charge in [0.05, 0.1) is 5.52 Å². The molecule has 7 heteroatoms. The zero-order chi connectivity index (χ0) is 20.8. The molecule has 0 radical (unpaired) electrons. The molecule has 1 aliphatic heterocycles. The van der Waals surface area contributed by atoms with Crippen molar-refractivity contribution >= 4 is 22.6 Å². The number of carbonyl (C=O) groups excluding carboxylic acids is 1. The Kier molecular flexibility index (Phi) is 6.59. The largest absolute Gasteiger partial charge is 0.369 e. The summed E-state index contributed by atoms with van der Waals surface area (Å²) in [4.78, 5) is 22.4. The van der Waals surface area contributed by atoms with Crippen molar-refractivity contribution < 1.29 is 4.79 Å². The highest BCUT2D eigenvalue weighted by Crippen LogP contribution is 2.22. The lowest BCUT2D eigenvalue weighted by atomic mass is 10.2. The molecule has 1 aliphatic rings. The summed E-state index contributed by atoms with van der Waals surface area (Å²) in [5.74, 6) is 1.20. The van der Waals surface area contributed by atoms with E-state index in [0.29, 0.717) is 5.91 Å². The molecule has 0 atom stereocenters. The van der Waals surface area contributed by atoms with Gasteiger partial charge in [-0.3, -0.25) is 4.79 Å². The van der Waals surface area contributed by atoms with Gasteiger partial charge in [0.25, 0.3) is 0 Å². The molecule has 0 aliphatic carbocycles. The number of likely N-dealkylation sites (tertiary alicyclic amines) is 1. The van der Waals surface area contributed by atoms with Crippen LogP contribution < -0.4 is 10.6 Å². The van der Waals surface area contributed by atoms with Crippen LogP contribution in [0.25, 0.3) is 16.6 Å². The van der Waals surface area contributed by atoms with Crippen molar-refractivity contribution in [3.8, 4) is 5.69 Å². The number of aromatic nitrogens is 3. The van der Waals surface area contributed by atoms with Crippen LogP contribution in [0.15, 0.2) is 43.0 Å². The maximum absolute atomic E-state index is 11.6. The second-order valence-electron chi connectivity index (χ2n) is 7.79. The van der Waals surface area contributed by atoms with Gasteiger partial charge in [0.15, 0.2) is 0 Å². The molecule has 0 bridgehead atoms. The Balaban J connectivity index is 1.33. The predicted octanol–water partition coefficient (Wildman–Crippen LogP) is 3.34. The van der Waals surface area contributed by atoms with E-state index in [1.165, 1.54) is 5.56 Å². The van der Waals surface area contributed by atoms with E-state index in [1.54, 1.807) is 6.33 Å². The minimum absolute atomic E-state index is 0.306. The molecule has 1 fully saturated rings. The summed E-state index contributed by atoms with van der Waals surface area (Å²) in [5.41, 5.74) is 3.26. The first-order valence-electron chi connectivity index (χ1n) is 10.9. The van der Waals surface area contributed by atoms with Gasteiger partial charge in [-0.15, -0.1) is 0 Å². The molecule has 4 rings (SSSR count). The predicted molar refractivity (Wildman–Crippen MR) is 120 cm³/mol. The van der Waals surface area contributed by atoms with Crippen LogP contribution >= 0.6 is 0 Å². The van der Waals surface area contributed by atoms with Crippen molar-refractivity contribution in [2.45, 2.75) is 39.2 Å². The van der Waals surface area contributed by atoms with Crippen LogP contribution in [0.2, 0.25) is 0 Å². The lowest BCUT2D eigenvalue weighted by molar-refractivity contribution is -0.127. The summed E-state index contributed by atoms with van der Waals surface area (Å²) in [5, 5.41) is 7.89. The smallest absolute Gasteiger partial charge is 0.222 e. The van der Waals surface area contributed by atoms with Gasteiger partial charge < -0.3 is 20.1 Å². The molecular formula is C23H30N6O. The van der Waals surface area contributed by atoms with Crippen molar-refractivity contribution in [2.75, 3.05) is 31.5 Å². The molecule has 7 nitrogen and oxygen atoms in total. The van der Waals surface area contributed by atoms with Gasteiger partial charge in [0.1, 0.15) is 12.1 Å². The first kappa shape index (κ1) is 20.3. The topological polar surface area (TPSA) is 75.1 Å². The van der Waals surface area contributed by atoms with Crippen LogP contribution in [0.3, 0.4) is 0 Å². The number of fused-ring (bicyclic) bond motifs is 1. The van der Waals surface area contributed by atoms with Crippen LogP contribution in [-0.2, 0) is 11.3 Å². The number of anilines is 1. The van der Waals surface area contributed by atoms with Crippen molar-refractivity contribution in [3.05, 3.63) is 48.5 Å².